The lowest BCUT2D eigenvalue weighted by Crippen LogP contribution is -2.47. The van der Waals surface area contributed by atoms with Crippen LogP contribution < -0.4 is 0 Å². The van der Waals surface area contributed by atoms with E-state index in [0.29, 0.717) is 0 Å². The highest BCUT2D eigenvalue weighted by molar-refractivity contribution is 4.78. The predicted octanol–water partition coefficient (Wildman–Crippen LogP) is 0.971. The highest BCUT2D eigenvalue weighted by Gasteiger charge is 2.19. The molecule has 1 saturated heterocycles. The molecule has 0 saturated carbocycles. The Morgan fingerprint density at radius 2 is 1.67 bits per heavy atom. The molecule has 2 heteroatoms. The van der Waals surface area contributed by atoms with Gasteiger partial charge in [0, 0.05) is 32.7 Å². The topological polar surface area (TPSA) is 6.48 Å². The van der Waals surface area contributed by atoms with Crippen LogP contribution in [0, 0.1) is 12.3 Å². The minimum atomic E-state index is -0.0457. The van der Waals surface area contributed by atoms with Crippen LogP contribution in [0.15, 0.2) is 0 Å². The predicted molar refractivity (Wildman–Crippen MR) is 52.0 cm³/mol. The third-order valence-corrected chi connectivity index (χ3v) is 2.23. The maximum Gasteiger partial charge on any atom is 0.0110 e. The van der Waals surface area contributed by atoms with Gasteiger partial charge in [-0.15, -0.1) is 0 Å². The molecule has 1 heterocycles. The summed E-state index contributed by atoms with van der Waals surface area (Å²) in [7, 11) is 2.17. The molecule has 0 atom stereocenters. The molecular formula is C10H20N2. The number of rotatable bonds is 2. The molecule has 0 bridgehead atoms. The van der Waals surface area contributed by atoms with E-state index < -0.39 is 0 Å². The van der Waals surface area contributed by atoms with Gasteiger partial charge in [-0.3, -0.25) is 0 Å². The second-order valence-corrected chi connectivity index (χ2v) is 4.57. The second kappa shape index (κ2) is 3.75. The molecule has 0 aromatic carbocycles. The van der Waals surface area contributed by atoms with E-state index in [1.165, 1.54) is 13.1 Å². The first kappa shape index (κ1) is 10.0. The van der Waals surface area contributed by atoms with Gasteiger partial charge in [0.2, 0.25) is 0 Å². The Morgan fingerprint density at radius 3 is 2.08 bits per heavy atom. The first-order valence-electron chi connectivity index (χ1n) is 4.67. The van der Waals surface area contributed by atoms with Crippen LogP contribution in [0.3, 0.4) is 0 Å². The highest BCUT2D eigenvalue weighted by Crippen LogP contribution is 2.15. The molecule has 2 nitrogen and oxygen atoms in total. The average Bonchev–Trinajstić information content (AvgIpc) is 1.91. The summed E-state index contributed by atoms with van der Waals surface area (Å²) in [5.74, 6) is 0. The van der Waals surface area contributed by atoms with Crippen molar-refractivity contribution in [3.8, 4) is 0 Å². The maximum atomic E-state index is 5.95. The van der Waals surface area contributed by atoms with Crippen LogP contribution in [0.2, 0.25) is 0 Å². The van der Waals surface area contributed by atoms with Crippen molar-refractivity contribution >= 4 is 0 Å². The fraction of sp³-hybridized carbons (Fsp3) is 0.900. The van der Waals surface area contributed by atoms with Gasteiger partial charge >= 0.3 is 0 Å². The number of hydrogen-bond donors (Lipinski definition) is 0. The van der Waals surface area contributed by atoms with Crippen LogP contribution in [-0.4, -0.2) is 49.6 Å². The number of piperazine rings is 1. The summed E-state index contributed by atoms with van der Waals surface area (Å²) >= 11 is 0. The van der Waals surface area contributed by atoms with Crippen molar-refractivity contribution in [1.82, 2.24) is 9.80 Å². The molecule has 70 valence electrons. The van der Waals surface area contributed by atoms with Gasteiger partial charge in [0.1, 0.15) is 0 Å². The van der Waals surface area contributed by atoms with Crippen molar-refractivity contribution in [3.05, 3.63) is 6.92 Å². The Hall–Kier alpha value is -0.0800. The molecular weight excluding hydrogens is 148 g/mol. The zero-order chi connectivity index (χ0) is 9.19. The lowest BCUT2D eigenvalue weighted by atomic mass is 9.96. The third-order valence-electron chi connectivity index (χ3n) is 2.23. The van der Waals surface area contributed by atoms with E-state index in [2.05, 4.69) is 30.7 Å². The normalized spacial score (nSPS) is 23.0. The van der Waals surface area contributed by atoms with Gasteiger partial charge in [0.25, 0.3) is 0 Å². The SMILES string of the molecule is [CH]C(C)(C)CN1CCN(C)CC1. The standard InChI is InChI=1S/C10H20N2/c1-10(2,3)9-12-7-5-11(4)6-8-12/h1H,5-9H2,2-4H3. The molecule has 1 aliphatic heterocycles. The van der Waals surface area contributed by atoms with Crippen LogP contribution in [0.1, 0.15) is 13.8 Å². The molecule has 0 spiro atoms. The molecule has 0 amide bonds. The lowest BCUT2D eigenvalue weighted by Gasteiger charge is -2.36. The van der Waals surface area contributed by atoms with Gasteiger partial charge in [0.15, 0.2) is 0 Å². The molecule has 1 fully saturated rings. The van der Waals surface area contributed by atoms with Crippen molar-refractivity contribution in [3.63, 3.8) is 0 Å². The first-order valence-corrected chi connectivity index (χ1v) is 4.67. The van der Waals surface area contributed by atoms with Crippen LogP contribution in [0.5, 0.6) is 0 Å². The molecule has 1 aliphatic rings. The Morgan fingerprint density at radius 1 is 1.17 bits per heavy atom. The molecule has 0 N–H and O–H groups in total. The van der Waals surface area contributed by atoms with E-state index in [4.69, 9.17) is 6.92 Å². The molecule has 0 aromatic heterocycles. The van der Waals surface area contributed by atoms with E-state index in [0.717, 1.165) is 19.6 Å². The Kier molecular flexibility index (Phi) is 3.13. The van der Waals surface area contributed by atoms with Crippen molar-refractivity contribution < 1.29 is 0 Å². The third kappa shape index (κ3) is 3.55. The van der Waals surface area contributed by atoms with Crippen LogP contribution >= 0.6 is 0 Å². The molecule has 12 heavy (non-hydrogen) atoms. The quantitative estimate of drug-likeness (QED) is 0.606. The monoisotopic (exact) mass is 168 g/mol. The summed E-state index contributed by atoms with van der Waals surface area (Å²) in [4.78, 5) is 4.81. The van der Waals surface area contributed by atoms with Gasteiger partial charge in [0.05, 0.1) is 0 Å². The molecule has 0 aliphatic carbocycles. The first-order chi connectivity index (χ1) is 5.47. The lowest BCUT2D eigenvalue weighted by molar-refractivity contribution is 0.125. The zero-order valence-corrected chi connectivity index (χ0v) is 8.51. The smallest absolute Gasteiger partial charge is 0.0110 e. The van der Waals surface area contributed by atoms with E-state index >= 15 is 0 Å². The fourth-order valence-corrected chi connectivity index (χ4v) is 1.58. The minimum Gasteiger partial charge on any atom is -0.304 e. The molecule has 2 radical (unpaired) electrons. The van der Waals surface area contributed by atoms with Crippen molar-refractivity contribution in [1.29, 1.82) is 0 Å². The highest BCUT2D eigenvalue weighted by atomic mass is 15.2. The zero-order valence-electron chi connectivity index (χ0n) is 8.51. The van der Waals surface area contributed by atoms with E-state index in [1.807, 2.05) is 0 Å². The van der Waals surface area contributed by atoms with Crippen LogP contribution in [0.25, 0.3) is 0 Å². The van der Waals surface area contributed by atoms with Crippen molar-refractivity contribution in [2.24, 2.45) is 5.41 Å². The Labute approximate surface area is 76.5 Å². The number of hydrogen-bond acceptors (Lipinski definition) is 2. The van der Waals surface area contributed by atoms with Gasteiger partial charge in [-0.25, -0.2) is 0 Å². The Bertz CT molecular complexity index is 129. The van der Waals surface area contributed by atoms with E-state index in [1.54, 1.807) is 0 Å². The molecule has 0 aromatic rings. The van der Waals surface area contributed by atoms with Crippen molar-refractivity contribution in [2.45, 2.75) is 13.8 Å². The van der Waals surface area contributed by atoms with Gasteiger partial charge in [-0.05, 0) is 19.4 Å². The fourth-order valence-electron chi connectivity index (χ4n) is 1.58. The Balaban J connectivity index is 2.26. The van der Waals surface area contributed by atoms with E-state index in [-0.39, 0.29) is 5.41 Å². The van der Waals surface area contributed by atoms with Gasteiger partial charge < -0.3 is 9.80 Å². The summed E-state index contributed by atoms with van der Waals surface area (Å²) in [6.07, 6.45) is 0. The van der Waals surface area contributed by atoms with Gasteiger partial charge in [-0.1, -0.05) is 13.8 Å². The van der Waals surface area contributed by atoms with E-state index in [9.17, 15) is 0 Å². The number of likely N-dealkylation sites (N-methyl/N-ethyl adjacent to an activating group) is 1. The summed E-state index contributed by atoms with van der Waals surface area (Å²) < 4.78 is 0. The molecule has 0 unspecified atom stereocenters. The largest absolute Gasteiger partial charge is 0.304 e. The summed E-state index contributed by atoms with van der Waals surface area (Å²) in [6, 6.07) is 0. The second-order valence-electron chi connectivity index (χ2n) is 4.57. The van der Waals surface area contributed by atoms with Crippen LogP contribution in [0.4, 0.5) is 0 Å². The summed E-state index contributed by atoms with van der Waals surface area (Å²) in [5, 5.41) is 0. The summed E-state index contributed by atoms with van der Waals surface area (Å²) in [6.45, 7) is 15.8. The average molecular weight is 168 g/mol. The molecule has 1 rings (SSSR count). The van der Waals surface area contributed by atoms with Gasteiger partial charge in [-0.2, -0.15) is 0 Å². The minimum absolute atomic E-state index is 0.0457. The maximum absolute atomic E-state index is 5.95. The van der Waals surface area contributed by atoms with Crippen molar-refractivity contribution in [2.75, 3.05) is 39.8 Å². The summed E-state index contributed by atoms with van der Waals surface area (Å²) in [5.41, 5.74) is -0.0457. The number of nitrogens with zero attached hydrogens (tertiary/aromatic N) is 2. The van der Waals surface area contributed by atoms with Crippen LogP contribution in [-0.2, 0) is 0 Å².